The lowest BCUT2D eigenvalue weighted by Crippen LogP contribution is -2.83. The fourth-order valence-electron chi connectivity index (χ4n) is 2.18. The number of quaternary nitrogens is 1. The van der Waals surface area contributed by atoms with Crippen molar-refractivity contribution >= 4 is 5.69 Å². The van der Waals surface area contributed by atoms with Crippen LogP contribution in [0.1, 0.15) is 18.4 Å². The van der Waals surface area contributed by atoms with Gasteiger partial charge >= 0.3 is 0 Å². The zero-order valence-corrected chi connectivity index (χ0v) is 9.73. The summed E-state index contributed by atoms with van der Waals surface area (Å²) in [5.41, 5.74) is 2.68. The van der Waals surface area contributed by atoms with Crippen LogP contribution in [0.3, 0.4) is 0 Å². The Balaban J connectivity index is 1.88. The molecule has 1 aliphatic rings. The van der Waals surface area contributed by atoms with E-state index in [4.69, 9.17) is 5.11 Å². The maximum absolute atomic E-state index is 8.69. The molecule has 1 aromatic carbocycles. The van der Waals surface area contributed by atoms with Crippen LogP contribution in [0, 0.1) is 0 Å². The first-order valence-electron chi connectivity index (χ1n) is 6.16. The van der Waals surface area contributed by atoms with E-state index in [1.165, 1.54) is 37.2 Å². The fourth-order valence-corrected chi connectivity index (χ4v) is 2.18. The standard InChI is InChI=1S/C13H20N2O/c16-10-7-14-11-12-3-5-13(6-4-12)15-8-1-2-9-15/h3-6,14,16H,1-2,7-11H2/p+1. The molecule has 1 fully saturated rings. The summed E-state index contributed by atoms with van der Waals surface area (Å²) in [6.07, 6.45) is 2.65. The molecule has 0 bridgehead atoms. The summed E-state index contributed by atoms with van der Waals surface area (Å²) in [5, 5.41) is 10.8. The second kappa shape index (κ2) is 5.87. The first kappa shape index (κ1) is 11.4. The van der Waals surface area contributed by atoms with E-state index < -0.39 is 0 Å². The van der Waals surface area contributed by atoms with Crippen LogP contribution < -0.4 is 10.2 Å². The Morgan fingerprint density at radius 3 is 2.44 bits per heavy atom. The van der Waals surface area contributed by atoms with Gasteiger partial charge in [0, 0.05) is 24.3 Å². The highest BCUT2D eigenvalue weighted by atomic mass is 16.3. The van der Waals surface area contributed by atoms with E-state index in [1.54, 1.807) is 0 Å². The number of hydrogen-bond acceptors (Lipinski definition) is 2. The van der Waals surface area contributed by atoms with Crippen LogP contribution in [0.25, 0.3) is 0 Å². The second-order valence-corrected chi connectivity index (χ2v) is 4.37. The molecule has 0 amide bonds. The largest absolute Gasteiger partial charge is 0.391 e. The van der Waals surface area contributed by atoms with E-state index >= 15 is 0 Å². The van der Waals surface area contributed by atoms with Gasteiger partial charge in [-0.15, -0.1) is 0 Å². The van der Waals surface area contributed by atoms with Crippen LogP contribution in [0.15, 0.2) is 24.3 Å². The van der Waals surface area contributed by atoms with Crippen molar-refractivity contribution in [2.75, 3.05) is 31.1 Å². The molecular weight excluding hydrogens is 200 g/mol. The number of rotatable bonds is 5. The smallest absolute Gasteiger partial charge is 0.101 e. The zero-order valence-electron chi connectivity index (χ0n) is 9.73. The molecule has 3 N–H and O–H groups in total. The number of anilines is 1. The van der Waals surface area contributed by atoms with Gasteiger partial charge in [0.25, 0.3) is 0 Å². The van der Waals surface area contributed by atoms with Crippen molar-refractivity contribution in [1.82, 2.24) is 0 Å². The van der Waals surface area contributed by atoms with Gasteiger partial charge in [0.05, 0.1) is 13.2 Å². The summed E-state index contributed by atoms with van der Waals surface area (Å²) >= 11 is 0. The van der Waals surface area contributed by atoms with Gasteiger partial charge in [0.15, 0.2) is 0 Å². The van der Waals surface area contributed by atoms with Crippen LogP contribution >= 0.6 is 0 Å². The number of aliphatic hydroxyl groups excluding tert-OH is 1. The van der Waals surface area contributed by atoms with Crippen molar-refractivity contribution in [3.05, 3.63) is 29.8 Å². The average molecular weight is 221 g/mol. The maximum atomic E-state index is 8.69. The lowest BCUT2D eigenvalue weighted by atomic mass is 10.2. The molecule has 1 heterocycles. The normalized spacial score (nSPS) is 15.7. The average Bonchev–Trinajstić information content (AvgIpc) is 2.84. The number of nitrogens with two attached hydrogens (primary N) is 1. The Morgan fingerprint density at radius 1 is 1.12 bits per heavy atom. The Kier molecular flexibility index (Phi) is 4.19. The van der Waals surface area contributed by atoms with Gasteiger partial charge < -0.3 is 15.3 Å². The summed E-state index contributed by atoms with van der Waals surface area (Å²) in [7, 11) is 0. The molecule has 0 unspecified atom stereocenters. The lowest BCUT2D eigenvalue weighted by molar-refractivity contribution is -0.671. The van der Waals surface area contributed by atoms with E-state index in [9.17, 15) is 0 Å². The zero-order chi connectivity index (χ0) is 11.2. The minimum atomic E-state index is 0.256. The summed E-state index contributed by atoms with van der Waals surface area (Å²) in [4.78, 5) is 2.45. The number of benzene rings is 1. The van der Waals surface area contributed by atoms with Crippen molar-refractivity contribution in [3.63, 3.8) is 0 Å². The van der Waals surface area contributed by atoms with Gasteiger partial charge in [-0.2, -0.15) is 0 Å². The Labute approximate surface area is 97.1 Å². The third kappa shape index (κ3) is 2.97. The molecule has 3 nitrogen and oxygen atoms in total. The number of nitrogens with zero attached hydrogens (tertiary/aromatic N) is 1. The predicted molar refractivity (Wildman–Crippen MR) is 65.5 cm³/mol. The van der Waals surface area contributed by atoms with Gasteiger partial charge in [0.1, 0.15) is 6.54 Å². The predicted octanol–water partition coefficient (Wildman–Crippen LogP) is 0.343. The van der Waals surface area contributed by atoms with E-state index in [0.717, 1.165) is 13.1 Å². The van der Waals surface area contributed by atoms with E-state index in [2.05, 4.69) is 34.5 Å². The van der Waals surface area contributed by atoms with Crippen molar-refractivity contribution in [1.29, 1.82) is 0 Å². The van der Waals surface area contributed by atoms with Crippen molar-refractivity contribution in [2.45, 2.75) is 19.4 Å². The molecule has 88 valence electrons. The quantitative estimate of drug-likeness (QED) is 0.704. The Morgan fingerprint density at radius 2 is 1.81 bits per heavy atom. The molecule has 0 spiro atoms. The fraction of sp³-hybridized carbons (Fsp3) is 0.538. The molecule has 0 atom stereocenters. The molecule has 1 saturated heterocycles. The van der Waals surface area contributed by atoms with Gasteiger partial charge in [0.2, 0.25) is 0 Å². The summed E-state index contributed by atoms with van der Waals surface area (Å²) < 4.78 is 0. The molecule has 16 heavy (non-hydrogen) atoms. The first-order valence-corrected chi connectivity index (χ1v) is 6.16. The minimum Gasteiger partial charge on any atom is -0.391 e. The van der Waals surface area contributed by atoms with Gasteiger partial charge in [-0.3, -0.25) is 0 Å². The van der Waals surface area contributed by atoms with Crippen LogP contribution in [0.2, 0.25) is 0 Å². The molecule has 1 aliphatic heterocycles. The van der Waals surface area contributed by atoms with E-state index in [1.807, 2.05) is 0 Å². The van der Waals surface area contributed by atoms with Crippen molar-refractivity contribution in [2.24, 2.45) is 0 Å². The van der Waals surface area contributed by atoms with Crippen LogP contribution in [-0.2, 0) is 6.54 Å². The molecule has 0 aromatic heterocycles. The second-order valence-electron chi connectivity index (χ2n) is 4.37. The molecule has 2 rings (SSSR count). The third-order valence-corrected chi connectivity index (χ3v) is 3.12. The molecule has 0 saturated carbocycles. The molecule has 1 aromatic rings. The number of hydrogen-bond donors (Lipinski definition) is 2. The Hall–Kier alpha value is -1.06. The molecule has 3 heteroatoms. The molecular formula is C13H21N2O+. The first-order chi connectivity index (χ1) is 7.90. The SMILES string of the molecule is OCC[NH2+]Cc1ccc(N2CCCC2)cc1. The highest BCUT2D eigenvalue weighted by molar-refractivity contribution is 5.48. The van der Waals surface area contributed by atoms with E-state index in [0.29, 0.717) is 0 Å². The minimum absolute atomic E-state index is 0.256. The topological polar surface area (TPSA) is 40.1 Å². The van der Waals surface area contributed by atoms with Gasteiger partial charge in [-0.1, -0.05) is 12.1 Å². The van der Waals surface area contributed by atoms with Crippen molar-refractivity contribution < 1.29 is 10.4 Å². The summed E-state index contributed by atoms with van der Waals surface area (Å²) in [6.45, 7) is 4.41. The van der Waals surface area contributed by atoms with Gasteiger partial charge in [-0.05, 0) is 25.0 Å². The van der Waals surface area contributed by atoms with E-state index in [-0.39, 0.29) is 6.61 Å². The van der Waals surface area contributed by atoms with Crippen LogP contribution in [0.5, 0.6) is 0 Å². The monoisotopic (exact) mass is 221 g/mol. The maximum Gasteiger partial charge on any atom is 0.101 e. The van der Waals surface area contributed by atoms with Crippen LogP contribution in [-0.4, -0.2) is 31.3 Å². The van der Waals surface area contributed by atoms with Crippen molar-refractivity contribution in [3.8, 4) is 0 Å². The molecule has 0 aliphatic carbocycles. The summed E-state index contributed by atoms with van der Waals surface area (Å²) in [5.74, 6) is 0. The van der Waals surface area contributed by atoms with Crippen LogP contribution in [0.4, 0.5) is 5.69 Å². The third-order valence-electron chi connectivity index (χ3n) is 3.12. The van der Waals surface area contributed by atoms with Gasteiger partial charge in [-0.25, -0.2) is 0 Å². The summed E-state index contributed by atoms with van der Waals surface area (Å²) in [6, 6.07) is 8.82. The number of aliphatic hydroxyl groups is 1. The highest BCUT2D eigenvalue weighted by Crippen LogP contribution is 2.19. The lowest BCUT2D eigenvalue weighted by Gasteiger charge is -2.17. The highest BCUT2D eigenvalue weighted by Gasteiger charge is 2.11. The Bertz CT molecular complexity index is 304. The molecule has 0 radical (unpaired) electrons.